The average Bonchev–Trinajstić information content (AvgIpc) is 3.02. The first-order valence-electron chi connectivity index (χ1n) is 9.96. The first kappa shape index (κ1) is 23.5. The van der Waals surface area contributed by atoms with Crippen molar-refractivity contribution in [3.63, 3.8) is 0 Å². The monoisotopic (exact) mass is 470 g/mol. The Morgan fingerprint density at radius 1 is 1.22 bits per heavy atom. The summed E-state index contributed by atoms with van der Waals surface area (Å²) in [6.07, 6.45) is 4.14. The smallest absolute Gasteiger partial charge is 0.325 e. The molecule has 0 unspecified atom stereocenters. The standard InChI is InChI=1S/C24H23ClN2O4S/c1-4-12-31-21-11-8-17(13-19(21)25)14-20-23(29)27(18-9-6-16(5-2)7-10-18)24(32)26(20)15-22(28)30-3/h4,6-11,13-14H,1,5,12,15H2,2-3H3/b20-14-. The molecule has 0 saturated carbocycles. The Balaban J connectivity index is 1.99. The van der Waals surface area contributed by atoms with E-state index in [-0.39, 0.29) is 23.3 Å². The second kappa shape index (κ2) is 10.4. The summed E-state index contributed by atoms with van der Waals surface area (Å²) in [5, 5.41) is 0.591. The fraction of sp³-hybridized carbons (Fsp3) is 0.208. The van der Waals surface area contributed by atoms with Crippen molar-refractivity contribution in [1.29, 1.82) is 0 Å². The number of aryl methyl sites for hydroxylation is 1. The van der Waals surface area contributed by atoms with Crippen molar-refractivity contribution >= 4 is 52.6 Å². The van der Waals surface area contributed by atoms with Gasteiger partial charge in [0.05, 0.1) is 17.8 Å². The van der Waals surface area contributed by atoms with Gasteiger partial charge in [-0.15, -0.1) is 0 Å². The number of carbonyl (C=O) groups excluding carboxylic acids is 2. The van der Waals surface area contributed by atoms with Crippen molar-refractivity contribution in [2.45, 2.75) is 13.3 Å². The number of ether oxygens (including phenoxy) is 2. The van der Waals surface area contributed by atoms with Gasteiger partial charge in [0.2, 0.25) is 0 Å². The number of thiocarbonyl (C=S) groups is 1. The highest BCUT2D eigenvalue weighted by atomic mass is 35.5. The second-order valence-electron chi connectivity index (χ2n) is 6.92. The van der Waals surface area contributed by atoms with E-state index >= 15 is 0 Å². The summed E-state index contributed by atoms with van der Waals surface area (Å²) in [5.41, 5.74) is 2.67. The number of hydrogen-bond donors (Lipinski definition) is 0. The predicted molar refractivity (Wildman–Crippen MR) is 130 cm³/mol. The van der Waals surface area contributed by atoms with Crippen molar-refractivity contribution in [1.82, 2.24) is 4.90 Å². The van der Waals surface area contributed by atoms with Crippen molar-refractivity contribution < 1.29 is 19.1 Å². The van der Waals surface area contributed by atoms with Crippen LogP contribution in [0.1, 0.15) is 18.1 Å². The molecule has 6 nitrogen and oxygen atoms in total. The van der Waals surface area contributed by atoms with Crippen LogP contribution in [0.15, 0.2) is 60.8 Å². The number of methoxy groups -OCH3 is 1. The molecule has 1 amide bonds. The minimum absolute atomic E-state index is 0.190. The van der Waals surface area contributed by atoms with Gasteiger partial charge in [0.15, 0.2) is 5.11 Å². The van der Waals surface area contributed by atoms with E-state index in [1.165, 1.54) is 16.9 Å². The minimum atomic E-state index is -0.513. The van der Waals surface area contributed by atoms with Crippen LogP contribution < -0.4 is 9.64 Å². The van der Waals surface area contributed by atoms with E-state index in [1.54, 1.807) is 30.4 Å². The van der Waals surface area contributed by atoms with Crippen molar-refractivity contribution in [2.75, 3.05) is 25.2 Å². The van der Waals surface area contributed by atoms with Gasteiger partial charge in [0.25, 0.3) is 5.91 Å². The maximum Gasteiger partial charge on any atom is 0.325 e. The number of benzene rings is 2. The lowest BCUT2D eigenvalue weighted by Gasteiger charge is -2.19. The van der Waals surface area contributed by atoms with Crippen LogP contribution in [0.3, 0.4) is 0 Å². The van der Waals surface area contributed by atoms with Gasteiger partial charge in [-0.1, -0.05) is 49.4 Å². The normalized spacial score (nSPS) is 14.8. The fourth-order valence-corrected chi connectivity index (χ4v) is 3.76. The van der Waals surface area contributed by atoms with E-state index in [0.29, 0.717) is 28.6 Å². The molecule has 1 aliphatic heterocycles. The summed E-state index contributed by atoms with van der Waals surface area (Å²) in [6.45, 7) is 5.80. The van der Waals surface area contributed by atoms with E-state index in [0.717, 1.165) is 12.0 Å². The SMILES string of the molecule is C=CCOc1ccc(/C=C2/C(=O)N(c3ccc(CC)cc3)C(=S)N2CC(=O)OC)cc1Cl. The number of carbonyl (C=O) groups is 2. The zero-order chi connectivity index (χ0) is 23.3. The Morgan fingerprint density at radius 2 is 1.94 bits per heavy atom. The Kier molecular flexibility index (Phi) is 7.66. The molecule has 166 valence electrons. The number of hydrogen-bond acceptors (Lipinski definition) is 5. The Labute approximate surface area is 197 Å². The van der Waals surface area contributed by atoms with Gasteiger partial charge in [-0.25, -0.2) is 0 Å². The molecular weight excluding hydrogens is 448 g/mol. The number of esters is 1. The van der Waals surface area contributed by atoms with Crippen LogP contribution in [0.25, 0.3) is 6.08 Å². The minimum Gasteiger partial charge on any atom is -0.488 e. The van der Waals surface area contributed by atoms with Crippen LogP contribution in [0.5, 0.6) is 5.75 Å². The van der Waals surface area contributed by atoms with Crippen LogP contribution in [0, 0.1) is 0 Å². The third-order valence-corrected chi connectivity index (χ3v) is 5.57. The summed E-state index contributed by atoms with van der Waals surface area (Å²) in [4.78, 5) is 28.2. The number of rotatable bonds is 8. The molecule has 2 aromatic carbocycles. The molecule has 0 aliphatic carbocycles. The Morgan fingerprint density at radius 3 is 2.53 bits per heavy atom. The van der Waals surface area contributed by atoms with Crippen LogP contribution in [-0.4, -0.2) is 42.2 Å². The molecule has 0 spiro atoms. The molecular formula is C24H23ClN2O4S. The molecule has 0 bridgehead atoms. The highest BCUT2D eigenvalue weighted by molar-refractivity contribution is 7.80. The molecule has 3 rings (SSSR count). The van der Waals surface area contributed by atoms with Gasteiger partial charge >= 0.3 is 5.97 Å². The predicted octanol–water partition coefficient (Wildman–Crippen LogP) is 4.61. The molecule has 1 aliphatic rings. The molecule has 8 heteroatoms. The van der Waals surface area contributed by atoms with Gasteiger partial charge < -0.3 is 14.4 Å². The number of amides is 1. The quantitative estimate of drug-likeness (QED) is 0.243. The highest BCUT2D eigenvalue weighted by Gasteiger charge is 2.40. The molecule has 2 aromatic rings. The molecule has 1 saturated heterocycles. The van der Waals surface area contributed by atoms with Crippen molar-refractivity contribution in [3.05, 3.63) is 77.0 Å². The van der Waals surface area contributed by atoms with Crippen LogP contribution in [-0.2, 0) is 20.7 Å². The lowest BCUT2D eigenvalue weighted by atomic mass is 10.1. The number of anilines is 1. The van der Waals surface area contributed by atoms with Gasteiger partial charge in [0, 0.05) is 0 Å². The summed E-state index contributed by atoms with van der Waals surface area (Å²) < 4.78 is 10.3. The third kappa shape index (κ3) is 5.00. The topological polar surface area (TPSA) is 59.1 Å². The zero-order valence-corrected chi connectivity index (χ0v) is 19.4. The molecule has 1 heterocycles. The molecule has 0 aromatic heterocycles. The second-order valence-corrected chi connectivity index (χ2v) is 7.70. The summed E-state index contributed by atoms with van der Waals surface area (Å²) in [5.74, 6) is -0.349. The van der Waals surface area contributed by atoms with E-state index < -0.39 is 5.97 Å². The highest BCUT2D eigenvalue weighted by Crippen LogP contribution is 2.31. The molecule has 0 N–H and O–H groups in total. The number of nitrogens with zero attached hydrogens (tertiary/aromatic N) is 2. The number of halogens is 1. The zero-order valence-electron chi connectivity index (χ0n) is 17.8. The molecule has 0 atom stereocenters. The fourth-order valence-electron chi connectivity index (χ4n) is 3.17. The Bertz CT molecular complexity index is 1080. The van der Waals surface area contributed by atoms with Gasteiger partial charge in [0.1, 0.15) is 24.6 Å². The lowest BCUT2D eigenvalue weighted by Crippen LogP contribution is -2.35. The summed E-state index contributed by atoms with van der Waals surface area (Å²) in [7, 11) is 1.29. The third-order valence-electron chi connectivity index (χ3n) is 4.87. The van der Waals surface area contributed by atoms with Crippen molar-refractivity contribution in [2.24, 2.45) is 0 Å². The van der Waals surface area contributed by atoms with E-state index in [2.05, 4.69) is 13.5 Å². The lowest BCUT2D eigenvalue weighted by molar-refractivity contribution is -0.140. The van der Waals surface area contributed by atoms with Crippen LogP contribution >= 0.6 is 23.8 Å². The van der Waals surface area contributed by atoms with E-state index in [4.69, 9.17) is 33.3 Å². The van der Waals surface area contributed by atoms with Crippen LogP contribution in [0.2, 0.25) is 5.02 Å². The van der Waals surface area contributed by atoms with E-state index in [9.17, 15) is 9.59 Å². The van der Waals surface area contributed by atoms with Gasteiger partial charge in [-0.3, -0.25) is 14.5 Å². The summed E-state index contributed by atoms with van der Waals surface area (Å²) in [6, 6.07) is 12.7. The average molecular weight is 471 g/mol. The van der Waals surface area contributed by atoms with Gasteiger partial charge in [-0.2, -0.15) is 0 Å². The van der Waals surface area contributed by atoms with Crippen molar-refractivity contribution in [3.8, 4) is 5.75 Å². The largest absolute Gasteiger partial charge is 0.488 e. The molecule has 1 fully saturated rings. The maximum absolute atomic E-state index is 13.4. The van der Waals surface area contributed by atoms with Gasteiger partial charge in [-0.05, 0) is 60.1 Å². The molecule has 0 radical (unpaired) electrons. The maximum atomic E-state index is 13.4. The van der Waals surface area contributed by atoms with E-state index in [1.807, 2.05) is 24.3 Å². The summed E-state index contributed by atoms with van der Waals surface area (Å²) >= 11 is 11.9. The first-order valence-corrected chi connectivity index (χ1v) is 10.7. The Hall–Kier alpha value is -3.16. The first-order chi connectivity index (χ1) is 15.4. The van der Waals surface area contributed by atoms with Crippen LogP contribution in [0.4, 0.5) is 5.69 Å². The molecule has 32 heavy (non-hydrogen) atoms.